The molecule has 8 heteroatoms. The minimum Gasteiger partial charge on any atom is -0.465 e. The lowest BCUT2D eigenvalue weighted by Gasteiger charge is -2.06. The summed E-state index contributed by atoms with van der Waals surface area (Å²) in [6.45, 7) is 1.94. The van der Waals surface area contributed by atoms with E-state index in [4.69, 9.17) is 4.74 Å². The molecule has 0 aliphatic carbocycles. The molecule has 0 saturated heterocycles. The summed E-state index contributed by atoms with van der Waals surface area (Å²) in [5.41, 5.74) is 1.93. The lowest BCUT2D eigenvalue weighted by Crippen LogP contribution is -2.11. The number of methoxy groups -OCH3 is 1. The van der Waals surface area contributed by atoms with E-state index in [0.717, 1.165) is 0 Å². The van der Waals surface area contributed by atoms with Gasteiger partial charge in [-0.1, -0.05) is 13.0 Å². The summed E-state index contributed by atoms with van der Waals surface area (Å²) in [7, 11) is 3.06. The largest absolute Gasteiger partial charge is 0.465 e. The Labute approximate surface area is 145 Å². The Hall–Kier alpha value is -2.48. The SMILES string of the molecule is CCc1nn(C)c2nc(-c3ccc(Br)c(C(=O)OC)c3)[nH]c(=O)c12. The zero-order valence-electron chi connectivity index (χ0n) is 13.4. The lowest BCUT2D eigenvalue weighted by atomic mass is 10.1. The zero-order chi connectivity index (χ0) is 17.4. The van der Waals surface area contributed by atoms with Gasteiger partial charge >= 0.3 is 5.97 Å². The van der Waals surface area contributed by atoms with Crippen molar-refractivity contribution in [2.24, 2.45) is 7.05 Å². The van der Waals surface area contributed by atoms with Crippen LogP contribution < -0.4 is 5.56 Å². The standard InChI is InChI=1S/C16H15BrN4O3/c1-4-11-12-14(21(2)20-11)18-13(19-15(12)22)8-5-6-10(17)9(7-8)16(23)24-3/h5-7H,4H2,1-3H3,(H,18,19,22). The van der Waals surface area contributed by atoms with Gasteiger partial charge in [0.25, 0.3) is 5.56 Å². The first kappa shape index (κ1) is 16.4. The number of benzene rings is 1. The second-order valence-corrected chi connectivity index (χ2v) is 6.08. The third-order valence-corrected chi connectivity index (χ3v) is 4.44. The van der Waals surface area contributed by atoms with E-state index in [1.807, 2.05) is 6.92 Å². The van der Waals surface area contributed by atoms with Crippen molar-refractivity contribution in [2.45, 2.75) is 13.3 Å². The number of esters is 1. The predicted molar refractivity (Wildman–Crippen MR) is 93.0 cm³/mol. The Morgan fingerprint density at radius 1 is 1.42 bits per heavy atom. The molecule has 0 aliphatic heterocycles. The highest BCUT2D eigenvalue weighted by molar-refractivity contribution is 9.10. The number of carbonyl (C=O) groups is 1. The maximum absolute atomic E-state index is 12.5. The van der Waals surface area contributed by atoms with E-state index in [9.17, 15) is 9.59 Å². The minimum absolute atomic E-state index is 0.248. The second kappa shape index (κ2) is 6.20. The topological polar surface area (TPSA) is 89.9 Å². The molecule has 1 aromatic carbocycles. The number of hydrogen-bond acceptors (Lipinski definition) is 5. The Bertz CT molecular complexity index is 1010. The van der Waals surface area contributed by atoms with Crippen LogP contribution in [0.25, 0.3) is 22.4 Å². The number of fused-ring (bicyclic) bond motifs is 1. The van der Waals surface area contributed by atoms with Crippen LogP contribution in [0.5, 0.6) is 0 Å². The van der Waals surface area contributed by atoms with Crippen molar-refractivity contribution >= 4 is 32.9 Å². The molecule has 0 atom stereocenters. The van der Waals surface area contributed by atoms with E-state index in [1.165, 1.54) is 7.11 Å². The summed E-state index contributed by atoms with van der Waals surface area (Å²) in [6.07, 6.45) is 0.645. The third kappa shape index (κ3) is 2.62. The Kier molecular flexibility index (Phi) is 4.23. The molecule has 3 aromatic rings. The first-order chi connectivity index (χ1) is 11.5. The molecular weight excluding hydrogens is 376 g/mol. The van der Waals surface area contributed by atoms with Crippen molar-refractivity contribution < 1.29 is 9.53 Å². The zero-order valence-corrected chi connectivity index (χ0v) is 15.0. The van der Waals surface area contributed by atoms with Gasteiger partial charge in [0.2, 0.25) is 0 Å². The molecule has 0 radical (unpaired) electrons. The van der Waals surface area contributed by atoms with Crippen molar-refractivity contribution in [2.75, 3.05) is 7.11 Å². The highest BCUT2D eigenvalue weighted by Gasteiger charge is 2.17. The second-order valence-electron chi connectivity index (χ2n) is 5.22. The van der Waals surface area contributed by atoms with Gasteiger partial charge in [0, 0.05) is 17.1 Å². The summed E-state index contributed by atoms with van der Waals surface area (Å²) in [5, 5.41) is 4.82. The minimum atomic E-state index is -0.471. The van der Waals surface area contributed by atoms with E-state index in [1.54, 1.807) is 29.9 Å². The Morgan fingerprint density at radius 2 is 2.17 bits per heavy atom. The molecule has 7 nitrogen and oxygen atoms in total. The van der Waals surface area contributed by atoms with Crippen LogP contribution in [0.15, 0.2) is 27.5 Å². The number of halogens is 1. The van der Waals surface area contributed by atoms with Crippen LogP contribution in [0.1, 0.15) is 23.0 Å². The van der Waals surface area contributed by atoms with Crippen LogP contribution in [0, 0.1) is 0 Å². The number of nitrogens with zero attached hydrogens (tertiary/aromatic N) is 3. The number of carbonyl (C=O) groups excluding carboxylic acids is 1. The van der Waals surface area contributed by atoms with E-state index in [2.05, 4.69) is 31.0 Å². The predicted octanol–water partition coefficient (Wildman–Crippen LogP) is 2.44. The monoisotopic (exact) mass is 390 g/mol. The van der Waals surface area contributed by atoms with Gasteiger partial charge in [0.15, 0.2) is 5.65 Å². The summed E-state index contributed by atoms with van der Waals surface area (Å²) in [6, 6.07) is 5.10. The first-order valence-electron chi connectivity index (χ1n) is 7.30. The molecule has 0 amide bonds. The van der Waals surface area contributed by atoms with Crippen molar-refractivity contribution in [1.82, 2.24) is 19.7 Å². The fourth-order valence-corrected chi connectivity index (χ4v) is 2.97. The van der Waals surface area contributed by atoms with Crippen molar-refractivity contribution in [3.63, 3.8) is 0 Å². The summed E-state index contributed by atoms with van der Waals surface area (Å²) in [5.74, 6) is -0.100. The van der Waals surface area contributed by atoms with Crippen molar-refractivity contribution in [3.05, 3.63) is 44.3 Å². The molecule has 0 bridgehead atoms. The summed E-state index contributed by atoms with van der Waals surface area (Å²) in [4.78, 5) is 31.6. The summed E-state index contributed by atoms with van der Waals surface area (Å²) >= 11 is 3.32. The van der Waals surface area contributed by atoms with Crippen LogP contribution in [-0.2, 0) is 18.2 Å². The molecule has 1 N–H and O–H groups in total. The van der Waals surface area contributed by atoms with E-state index in [0.29, 0.717) is 44.6 Å². The van der Waals surface area contributed by atoms with Crippen LogP contribution in [0.4, 0.5) is 0 Å². The van der Waals surface area contributed by atoms with Gasteiger partial charge in [0.1, 0.15) is 11.2 Å². The van der Waals surface area contributed by atoms with Crippen LogP contribution in [0.2, 0.25) is 0 Å². The highest BCUT2D eigenvalue weighted by Crippen LogP contribution is 2.25. The smallest absolute Gasteiger partial charge is 0.339 e. The van der Waals surface area contributed by atoms with Gasteiger partial charge in [-0.25, -0.2) is 14.5 Å². The van der Waals surface area contributed by atoms with Gasteiger partial charge < -0.3 is 9.72 Å². The molecule has 24 heavy (non-hydrogen) atoms. The van der Waals surface area contributed by atoms with Gasteiger partial charge in [-0.3, -0.25) is 4.79 Å². The lowest BCUT2D eigenvalue weighted by molar-refractivity contribution is 0.0599. The molecule has 124 valence electrons. The van der Waals surface area contributed by atoms with Crippen LogP contribution in [-0.4, -0.2) is 32.8 Å². The number of hydrogen-bond donors (Lipinski definition) is 1. The number of ether oxygens (including phenoxy) is 1. The fourth-order valence-electron chi connectivity index (χ4n) is 2.56. The van der Waals surface area contributed by atoms with Gasteiger partial charge in [-0.05, 0) is 34.5 Å². The van der Waals surface area contributed by atoms with Crippen LogP contribution in [0.3, 0.4) is 0 Å². The van der Waals surface area contributed by atoms with Crippen LogP contribution >= 0.6 is 15.9 Å². The third-order valence-electron chi connectivity index (χ3n) is 3.75. The average Bonchev–Trinajstić information content (AvgIpc) is 2.91. The van der Waals surface area contributed by atoms with E-state index in [-0.39, 0.29) is 5.56 Å². The normalized spacial score (nSPS) is 11.0. The van der Waals surface area contributed by atoms with Gasteiger partial charge in [0.05, 0.1) is 18.4 Å². The molecular formula is C16H15BrN4O3. The Balaban J connectivity index is 2.22. The quantitative estimate of drug-likeness (QED) is 0.693. The molecule has 2 aromatic heterocycles. The first-order valence-corrected chi connectivity index (χ1v) is 8.09. The average molecular weight is 391 g/mol. The number of aryl methyl sites for hydroxylation is 2. The molecule has 2 heterocycles. The van der Waals surface area contributed by atoms with Crippen molar-refractivity contribution in [1.29, 1.82) is 0 Å². The maximum atomic E-state index is 12.5. The number of aromatic amines is 1. The Morgan fingerprint density at radius 3 is 2.83 bits per heavy atom. The van der Waals surface area contributed by atoms with Gasteiger partial charge in [-0.2, -0.15) is 5.10 Å². The molecule has 0 saturated carbocycles. The molecule has 0 unspecified atom stereocenters. The maximum Gasteiger partial charge on any atom is 0.339 e. The van der Waals surface area contributed by atoms with Gasteiger partial charge in [-0.15, -0.1) is 0 Å². The van der Waals surface area contributed by atoms with E-state index >= 15 is 0 Å². The number of H-pyrrole nitrogens is 1. The highest BCUT2D eigenvalue weighted by atomic mass is 79.9. The molecule has 0 spiro atoms. The number of rotatable bonds is 3. The number of nitrogens with one attached hydrogen (secondary N) is 1. The molecule has 0 aliphatic rings. The van der Waals surface area contributed by atoms with E-state index < -0.39 is 5.97 Å². The summed E-state index contributed by atoms with van der Waals surface area (Å²) < 4.78 is 6.96. The number of aromatic nitrogens is 4. The molecule has 0 fully saturated rings. The fraction of sp³-hybridized carbons (Fsp3) is 0.250. The van der Waals surface area contributed by atoms with Crippen molar-refractivity contribution in [3.8, 4) is 11.4 Å². The molecule has 3 rings (SSSR count).